The molecular weight excluding hydrogens is 310 g/mol. The van der Waals surface area contributed by atoms with Crippen LogP contribution in [0.2, 0.25) is 0 Å². The maximum atomic E-state index is 9.70. The number of pyridine rings is 1. The highest BCUT2D eigenvalue weighted by molar-refractivity contribution is 5.71. The van der Waals surface area contributed by atoms with Gasteiger partial charge in [-0.1, -0.05) is 37.3 Å². The smallest absolute Gasteiger partial charge is 0.180 e. The fraction of sp³-hybridized carbons (Fsp3) is 0.350. The normalized spacial score (nSPS) is 15.4. The highest BCUT2D eigenvalue weighted by Gasteiger charge is 2.24. The lowest BCUT2D eigenvalue weighted by atomic mass is 9.89. The first-order valence-electron chi connectivity index (χ1n) is 8.88. The summed E-state index contributed by atoms with van der Waals surface area (Å²) in [5.74, 6) is 1.49. The summed E-state index contributed by atoms with van der Waals surface area (Å²) in [6.07, 6.45) is 5.00. The van der Waals surface area contributed by atoms with Gasteiger partial charge in [0, 0.05) is 25.7 Å². The molecule has 5 heteroatoms. The van der Waals surface area contributed by atoms with E-state index >= 15 is 0 Å². The molecule has 3 heterocycles. The van der Waals surface area contributed by atoms with Crippen LogP contribution in [0.1, 0.15) is 42.6 Å². The minimum Gasteiger partial charge on any atom is -0.370 e. The van der Waals surface area contributed by atoms with Gasteiger partial charge in [-0.05, 0) is 30.4 Å². The Hall–Kier alpha value is -2.87. The molecule has 1 fully saturated rings. The van der Waals surface area contributed by atoms with Gasteiger partial charge >= 0.3 is 0 Å². The van der Waals surface area contributed by atoms with Crippen molar-refractivity contribution < 1.29 is 0 Å². The zero-order chi connectivity index (χ0) is 17.2. The molecule has 0 bridgehead atoms. The molecule has 5 nitrogen and oxygen atoms in total. The van der Waals surface area contributed by atoms with Crippen LogP contribution in [-0.2, 0) is 6.42 Å². The fourth-order valence-electron chi connectivity index (χ4n) is 3.78. The molecule has 0 aliphatic carbocycles. The van der Waals surface area contributed by atoms with Crippen LogP contribution in [0.5, 0.6) is 0 Å². The molecule has 0 radical (unpaired) electrons. The van der Waals surface area contributed by atoms with Gasteiger partial charge in [-0.3, -0.25) is 4.40 Å². The Balaban J connectivity index is 1.60. The summed E-state index contributed by atoms with van der Waals surface area (Å²) < 4.78 is 1.93. The van der Waals surface area contributed by atoms with Gasteiger partial charge in [0.15, 0.2) is 5.65 Å². The highest BCUT2D eigenvalue weighted by atomic mass is 15.3. The van der Waals surface area contributed by atoms with Crippen molar-refractivity contribution in [3.63, 3.8) is 0 Å². The van der Waals surface area contributed by atoms with Crippen molar-refractivity contribution in [1.29, 1.82) is 5.26 Å². The van der Waals surface area contributed by atoms with Gasteiger partial charge < -0.3 is 4.90 Å². The molecule has 25 heavy (non-hydrogen) atoms. The van der Waals surface area contributed by atoms with E-state index in [9.17, 15) is 5.26 Å². The SMILES string of the molecule is CCc1nnc2c(C#N)c(N3CCC(c4ccccc4)CC3)ccn12. The second kappa shape index (κ2) is 6.56. The molecule has 1 aliphatic heterocycles. The number of rotatable bonds is 3. The number of hydrogen-bond donors (Lipinski definition) is 0. The number of anilines is 1. The Morgan fingerprint density at radius 2 is 1.88 bits per heavy atom. The number of nitriles is 1. The van der Waals surface area contributed by atoms with Crippen molar-refractivity contribution in [2.75, 3.05) is 18.0 Å². The van der Waals surface area contributed by atoms with E-state index in [1.807, 2.05) is 23.6 Å². The van der Waals surface area contributed by atoms with Crippen LogP contribution in [-0.4, -0.2) is 27.7 Å². The van der Waals surface area contributed by atoms with E-state index in [0.29, 0.717) is 17.1 Å². The topological polar surface area (TPSA) is 57.2 Å². The van der Waals surface area contributed by atoms with Crippen molar-refractivity contribution in [2.45, 2.75) is 32.1 Å². The number of fused-ring (bicyclic) bond motifs is 1. The van der Waals surface area contributed by atoms with E-state index in [0.717, 1.165) is 43.9 Å². The van der Waals surface area contributed by atoms with Crippen molar-refractivity contribution in [3.05, 3.63) is 59.5 Å². The first-order valence-corrected chi connectivity index (χ1v) is 8.88. The molecule has 0 unspecified atom stereocenters. The molecule has 0 saturated carbocycles. The van der Waals surface area contributed by atoms with E-state index in [1.54, 1.807) is 0 Å². The predicted octanol–water partition coefficient (Wildman–Crippen LogP) is 3.55. The Bertz CT molecular complexity index is 914. The predicted molar refractivity (Wildman–Crippen MR) is 97.7 cm³/mol. The van der Waals surface area contributed by atoms with Crippen molar-refractivity contribution in [3.8, 4) is 6.07 Å². The quantitative estimate of drug-likeness (QED) is 0.736. The molecule has 0 amide bonds. The average Bonchev–Trinajstić information content (AvgIpc) is 3.11. The van der Waals surface area contributed by atoms with Crippen LogP contribution in [0, 0.1) is 11.3 Å². The number of benzene rings is 1. The summed E-state index contributed by atoms with van der Waals surface area (Å²) in [7, 11) is 0. The number of aryl methyl sites for hydroxylation is 1. The molecule has 2 aromatic heterocycles. The molecule has 1 saturated heterocycles. The van der Waals surface area contributed by atoms with E-state index < -0.39 is 0 Å². The third-order valence-corrected chi connectivity index (χ3v) is 5.16. The van der Waals surface area contributed by atoms with Gasteiger partial charge in [0.2, 0.25) is 0 Å². The van der Waals surface area contributed by atoms with Gasteiger partial charge in [-0.15, -0.1) is 10.2 Å². The Morgan fingerprint density at radius 3 is 2.56 bits per heavy atom. The first-order chi connectivity index (χ1) is 12.3. The maximum absolute atomic E-state index is 9.70. The Morgan fingerprint density at radius 1 is 1.12 bits per heavy atom. The summed E-state index contributed by atoms with van der Waals surface area (Å²) in [5, 5.41) is 18.1. The number of piperidine rings is 1. The van der Waals surface area contributed by atoms with Gasteiger partial charge in [0.1, 0.15) is 17.5 Å². The zero-order valence-corrected chi connectivity index (χ0v) is 14.4. The van der Waals surface area contributed by atoms with Gasteiger partial charge in [-0.25, -0.2) is 0 Å². The molecule has 0 N–H and O–H groups in total. The molecule has 4 rings (SSSR count). The minimum absolute atomic E-state index is 0.603. The number of aromatic nitrogens is 3. The largest absolute Gasteiger partial charge is 0.370 e. The molecule has 3 aromatic rings. The van der Waals surface area contributed by atoms with Gasteiger partial charge in [0.05, 0.1) is 5.69 Å². The maximum Gasteiger partial charge on any atom is 0.180 e. The molecule has 126 valence electrons. The van der Waals surface area contributed by atoms with Crippen molar-refractivity contribution in [2.24, 2.45) is 0 Å². The molecule has 1 aliphatic rings. The summed E-state index contributed by atoms with van der Waals surface area (Å²) >= 11 is 0. The molecule has 1 aromatic carbocycles. The molecule has 0 atom stereocenters. The van der Waals surface area contributed by atoms with Crippen molar-refractivity contribution in [1.82, 2.24) is 14.6 Å². The fourth-order valence-corrected chi connectivity index (χ4v) is 3.78. The van der Waals surface area contributed by atoms with Gasteiger partial charge in [0.25, 0.3) is 0 Å². The van der Waals surface area contributed by atoms with E-state index in [4.69, 9.17) is 0 Å². The molecular formula is C20H21N5. The zero-order valence-electron chi connectivity index (χ0n) is 14.4. The minimum atomic E-state index is 0.603. The third kappa shape index (κ3) is 2.74. The van der Waals surface area contributed by atoms with Crippen LogP contribution in [0.3, 0.4) is 0 Å². The Kier molecular flexibility index (Phi) is 4.10. The van der Waals surface area contributed by atoms with Crippen LogP contribution < -0.4 is 4.90 Å². The van der Waals surface area contributed by atoms with Crippen LogP contribution in [0.4, 0.5) is 5.69 Å². The standard InChI is InChI=1S/C20H21N5/c1-2-19-22-23-20-17(14-21)18(10-13-25(19)20)24-11-8-16(9-12-24)15-6-4-3-5-7-15/h3-7,10,13,16H,2,8-9,11-12H2,1H3. The van der Waals surface area contributed by atoms with Crippen LogP contribution >= 0.6 is 0 Å². The second-order valence-corrected chi connectivity index (χ2v) is 6.52. The third-order valence-electron chi connectivity index (χ3n) is 5.16. The summed E-state index contributed by atoms with van der Waals surface area (Å²) in [6, 6.07) is 15.1. The summed E-state index contributed by atoms with van der Waals surface area (Å²) in [4.78, 5) is 2.32. The number of nitrogens with zero attached hydrogens (tertiary/aromatic N) is 5. The van der Waals surface area contributed by atoms with E-state index in [1.165, 1.54) is 5.56 Å². The lowest BCUT2D eigenvalue weighted by molar-refractivity contribution is 0.505. The summed E-state index contributed by atoms with van der Waals surface area (Å²) in [5.41, 5.74) is 3.70. The summed E-state index contributed by atoms with van der Waals surface area (Å²) in [6.45, 7) is 3.96. The van der Waals surface area contributed by atoms with E-state index in [2.05, 4.69) is 51.5 Å². The molecule has 0 spiro atoms. The van der Waals surface area contributed by atoms with Crippen LogP contribution in [0.15, 0.2) is 42.6 Å². The lowest BCUT2D eigenvalue weighted by Crippen LogP contribution is -2.33. The first kappa shape index (κ1) is 15.6. The van der Waals surface area contributed by atoms with Crippen LogP contribution in [0.25, 0.3) is 5.65 Å². The van der Waals surface area contributed by atoms with Crippen molar-refractivity contribution >= 4 is 11.3 Å². The number of hydrogen-bond acceptors (Lipinski definition) is 4. The Labute approximate surface area is 147 Å². The second-order valence-electron chi connectivity index (χ2n) is 6.52. The average molecular weight is 331 g/mol. The monoisotopic (exact) mass is 331 g/mol. The van der Waals surface area contributed by atoms with Gasteiger partial charge in [-0.2, -0.15) is 5.26 Å². The lowest BCUT2D eigenvalue weighted by Gasteiger charge is -2.34. The highest BCUT2D eigenvalue weighted by Crippen LogP contribution is 2.32. The van der Waals surface area contributed by atoms with E-state index in [-0.39, 0.29) is 0 Å².